The van der Waals surface area contributed by atoms with E-state index in [0.29, 0.717) is 10.8 Å². The summed E-state index contributed by atoms with van der Waals surface area (Å²) in [5, 5.41) is 0.562. The van der Waals surface area contributed by atoms with Gasteiger partial charge >= 0.3 is 0 Å². The Kier molecular flexibility index (Phi) is 3.31. The number of likely N-dealkylation sites (N-methyl/N-ethyl adjacent to an activating group) is 2. The van der Waals surface area contributed by atoms with E-state index in [1.54, 1.807) is 11.9 Å². The molecule has 0 aliphatic carbocycles. The molecule has 0 spiro atoms. The molecule has 2 rings (SSSR count). The third kappa shape index (κ3) is 2.12. The average molecular weight is 252 g/mol. The van der Waals surface area contributed by atoms with Gasteiger partial charge in [-0.3, -0.25) is 9.69 Å². The van der Waals surface area contributed by atoms with Gasteiger partial charge in [0.15, 0.2) is 5.11 Å². The van der Waals surface area contributed by atoms with E-state index >= 15 is 0 Å². The van der Waals surface area contributed by atoms with Crippen molar-refractivity contribution in [2.45, 2.75) is 12.8 Å². The Labute approximate surface area is 107 Å². The second-order valence-corrected chi connectivity index (χ2v) is 4.95. The Balaban J connectivity index is 2.23. The van der Waals surface area contributed by atoms with Crippen LogP contribution >= 0.6 is 12.2 Å². The molecule has 0 saturated carbocycles. The fourth-order valence-corrected chi connectivity index (χ4v) is 2.42. The molecule has 5 heteroatoms. The SMILES string of the molecule is CN1C(=O)/C(=C\C=C2/CCC[NH+]2C)N(C)C1=S. The van der Waals surface area contributed by atoms with Gasteiger partial charge in [-0.1, -0.05) is 0 Å². The number of amides is 1. The number of nitrogens with zero attached hydrogens (tertiary/aromatic N) is 2. The predicted molar refractivity (Wildman–Crippen MR) is 70.3 cm³/mol. The molecule has 0 radical (unpaired) electrons. The molecule has 2 fully saturated rings. The quantitative estimate of drug-likeness (QED) is 0.515. The largest absolute Gasteiger partial charge is 0.317 e. The molecule has 0 aromatic heterocycles. The first kappa shape index (κ1) is 12.3. The molecular weight excluding hydrogens is 234 g/mol. The summed E-state index contributed by atoms with van der Waals surface area (Å²) >= 11 is 5.15. The molecule has 2 aliphatic rings. The Morgan fingerprint density at radius 2 is 2.00 bits per heavy atom. The number of likely N-dealkylation sites (tertiary alicyclic amines) is 1. The number of hydrogen-bond donors (Lipinski definition) is 1. The summed E-state index contributed by atoms with van der Waals surface area (Å²) in [6, 6.07) is 0. The molecule has 4 nitrogen and oxygen atoms in total. The smallest absolute Gasteiger partial charge is 0.276 e. The molecule has 0 bridgehead atoms. The highest BCUT2D eigenvalue weighted by Gasteiger charge is 2.32. The highest BCUT2D eigenvalue weighted by atomic mass is 32.1. The van der Waals surface area contributed by atoms with Crippen LogP contribution in [0.15, 0.2) is 23.5 Å². The lowest BCUT2D eigenvalue weighted by Crippen LogP contribution is -3.04. The summed E-state index contributed by atoms with van der Waals surface area (Å²) in [5.74, 6) is -0.0231. The van der Waals surface area contributed by atoms with Gasteiger partial charge in [-0.25, -0.2) is 0 Å². The normalized spacial score (nSPS) is 30.2. The van der Waals surface area contributed by atoms with Crippen molar-refractivity contribution in [2.24, 2.45) is 0 Å². The maximum atomic E-state index is 11.9. The predicted octanol–water partition coefficient (Wildman–Crippen LogP) is -0.249. The van der Waals surface area contributed by atoms with Gasteiger partial charge in [-0.2, -0.15) is 0 Å². The Morgan fingerprint density at radius 1 is 1.29 bits per heavy atom. The minimum absolute atomic E-state index is 0.0231. The first-order valence-electron chi connectivity index (χ1n) is 5.81. The number of quaternary nitrogens is 1. The van der Waals surface area contributed by atoms with Gasteiger partial charge in [0, 0.05) is 26.9 Å². The first-order chi connectivity index (χ1) is 8.02. The molecule has 0 aromatic carbocycles. The summed E-state index contributed by atoms with van der Waals surface area (Å²) in [6.45, 7) is 1.18. The molecule has 17 heavy (non-hydrogen) atoms. The van der Waals surface area contributed by atoms with Crippen molar-refractivity contribution < 1.29 is 9.69 Å². The lowest BCUT2D eigenvalue weighted by molar-refractivity contribution is -0.828. The number of rotatable bonds is 1. The number of carbonyl (C=O) groups is 1. The maximum absolute atomic E-state index is 11.9. The van der Waals surface area contributed by atoms with Crippen LogP contribution in [0.4, 0.5) is 0 Å². The first-order valence-corrected chi connectivity index (χ1v) is 6.22. The zero-order chi connectivity index (χ0) is 12.6. The van der Waals surface area contributed by atoms with Crippen LogP contribution in [0.2, 0.25) is 0 Å². The second-order valence-electron chi connectivity index (χ2n) is 4.58. The standard InChI is InChI=1S/C12H17N3OS/c1-13-8-4-5-9(13)6-7-10-11(16)15(3)12(17)14(10)2/h6-7H,4-5,8H2,1-3H3/p+1/b9-6+,10-7+. The van der Waals surface area contributed by atoms with Crippen LogP contribution in [-0.2, 0) is 4.79 Å². The van der Waals surface area contributed by atoms with Gasteiger partial charge in [0.05, 0.1) is 13.6 Å². The van der Waals surface area contributed by atoms with Crippen LogP contribution in [0.3, 0.4) is 0 Å². The zero-order valence-electron chi connectivity index (χ0n) is 10.5. The van der Waals surface area contributed by atoms with Crippen molar-refractivity contribution in [3.63, 3.8) is 0 Å². The van der Waals surface area contributed by atoms with E-state index in [1.165, 1.54) is 28.5 Å². The molecular formula is C12H18N3OS+. The Bertz CT molecular complexity index is 427. The van der Waals surface area contributed by atoms with Gasteiger partial charge in [-0.05, 0) is 24.4 Å². The van der Waals surface area contributed by atoms with E-state index in [2.05, 4.69) is 13.1 Å². The van der Waals surface area contributed by atoms with E-state index in [9.17, 15) is 4.79 Å². The molecule has 2 saturated heterocycles. The monoisotopic (exact) mass is 252 g/mol. The maximum Gasteiger partial charge on any atom is 0.276 e. The minimum atomic E-state index is -0.0231. The third-order valence-corrected chi connectivity index (χ3v) is 4.00. The lowest BCUT2D eigenvalue weighted by Gasteiger charge is -2.10. The summed E-state index contributed by atoms with van der Waals surface area (Å²) in [6.07, 6.45) is 6.30. The van der Waals surface area contributed by atoms with Gasteiger partial charge in [0.1, 0.15) is 11.4 Å². The van der Waals surface area contributed by atoms with Crippen molar-refractivity contribution in [2.75, 3.05) is 27.7 Å². The van der Waals surface area contributed by atoms with Crippen LogP contribution in [0.5, 0.6) is 0 Å². The van der Waals surface area contributed by atoms with Gasteiger partial charge in [0.25, 0.3) is 5.91 Å². The molecule has 1 unspecified atom stereocenters. The van der Waals surface area contributed by atoms with Crippen LogP contribution in [0, 0.1) is 0 Å². The van der Waals surface area contributed by atoms with Crippen molar-refractivity contribution in [3.8, 4) is 0 Å². The summed E-state index contributed by atoms with van der Waals surface area (Å²) in [5.41, 5.74) is 2.02. The van der Waals surface area contributed by atoms with Gasteiger partial charge in [-0.15, -0.1) is 0 Å². The number of thiocarbonyl (C=S) groups is 1. The van der Waals surface area contributed by atoms with E-state index in [1.807, 2.05) is 13.1 Å². The fourth-order valence-electron chi connectivity index (χ4n) is 2.24. The second kappa shape index (κ2) is 4.58. The van der Waals surface area contributed by atoms with Crippen molar-refractivity contribution in [3.05, 3.63) is 23.5 Å². The lowest BCUT2D eigenvalue weighted by atomic mass is 10.2. The van der Waals surface area contributed by atoms with Gasteiger partial charge in [0.2, 0.25) is 0 Å². The average Bonchev–Trinajstić information content (AvgIpc) is 2.78. The molecule has 1 amide bonds. The van der Waals surface area contributed by atoms with Crippen molar-refractivity contribution >= 4 is 23.2 Å². The zero-order valence-corrected chi connectivity index (χ0v) is 11.3. The van der Waals surface area contributed by atoms with Crippen molar-refractivity contribution in [1.29, 1.82) is 0 Å². The number of carbonyl (C=O) groups excluding carboxylic acids is 1. The van der Waals surface area contributed by atoms with Crippen LogP contribution in [0.1, 0.15) is 12.8 Å². The fraction of sp³-hybridized carbons (Fsp3) is 0.500. The Morgan fingerprint density at radius 3 is 2.47 bits per heavy atom. The minimum Gasteiger partial charge on any atom is -0.317 e. The highest BCUT2D eigenvalue weighted by molar-refractivity contribution is 7.80. The number of hydrogen-bond acceptors (Lipinski definition) is 2. The summed E-state index contributed by atoms with van der Waals surface area (Å²) < 4.78 is 0. The third-order valence-electron chi connectivity index (χ3n) is 3.45. The van der Waals surface area contributed by atoms with Crippen LogP contribution in [0.25, 0.3) is 0 Å². The number of allylic oxidation sites excluding steroid dienone is 3. The van der Waals surface area contributed by atoms with E-state index in [0.717, 1.165) is 6.42 Å². The van der Waals surface area contributed by atoms with Crippen LogP contribution in [-0.4, -0.2) is 48.5 Å². The van der Waals surface area contributed by atoms with E-state index < -0.39 is 0 Å². The highest BCUT2D eigenvalue weighted by Crippen LogP contribution is 2.18. The molecule has 1 atom stereocenters. The summed E-state index contributed by atoms with van der Waals surface area (Å²) in [4.78, 5) is 16.6. The van der Waals surface area contributed by atoms with Gasteiger partial charge < -0.3 is 9.80 Å². The topological polar surface area (TPSA) is 28.0 Å². The van der Waals surface area contributed by atoms with Crippen molar-refractivity contribution in [1.82, 2.24) is 9.80 Å². The van der Waals surface area contributed by atoms with E-state index in [-0.39, 0.29) is 5.91 Å². The van der Waals surface area contributed by atoms with Crippen LogP contribution < -0.4 is 4.90 Å². The molecule has 92 valence electrons. The Hall–Kier alpha value is -1.20. The summed E-state index contributed by atoms with van der Waals surface area (Å²) in [7, 11) is 5.70. The number of nitrogens with one attached hydrogen (secondary N) is 1. The molecule has 0 aromatic rings. The molecule has 2 heterocycles. The van der Waals surface area contributed by atoms with E-state index in [4.69, 9.17) is 12.2 Å². The molecule has 1 N–H and O–H groups in total. The molecule has 2 aliphatic heterocycles.